The van der Waals surface area contributed by atoms with Crippen molar-refractivity contribution in [2.24, 2.45) is 5.92 Å². The zero-order chi connectivity index (χ0) is 12.1. The Kier molecular flexibility index (Phi) is 5.60. The van der Waals surface area contributed by atoms with Gasteiger partial charge < -0.3 is 0 Å². The van der Waals surface area contributed by atoms with Gasteiger partial charge in [-0.15, -0.1) is 11.6 Å². The minimum atomic E-state index is 0.392. The van der Waals surface area contributed by atoms with E-state index in [1.54, 1.807) is 0 Å². The summed E-state index contributed by atoms with van der Waals surface area (Å²) in [4.78, 5) is 2.32. The first-order chi connectivity index (χ1) is 7.54. The molecule has 0 spiro atoms. The van der Waals surface area contributed by atoms with Gasteiger partial charge in [-0.25, -0.2) is 0 Å². The molecule has 0 bridgehead atoms. The van der Waals surface area contributed by atoms with Gasteiger partial charge in [-0.2, -0.15) is 0 Å². The van der Waals surface area contributed by atoms with E-state index in [0.717, 1.165) is 11.6 Å². The van der Waals surface area contributed by atoms with Crippen LogP contribution in [0.15, 0.2) is 24.3 Å². The maximum Gasteiger partial charge on any atom is 0.0406 e. The second kappa shape index (κ2) is 6.48. The number of hydrogen-bond acceptors (Lipinski definition) is 1. The summed E-state index contributed by atoms with van der Waals surface area (Å²) in [5.74, 6) is 1.22. The molecule has 0 heterocycles. The lowest BCUT2D eigenvalue weighted by atomic mass is 10.1. The predicted octanol–water partition coefficient (Wildman–Crippen LogP) is 4.21. The third kappa shape index (κ3) is 3.97. The molecule has 1 aromatic rings. The quantitative estimate of drug-likeness (QED) is 0.717. The molecule has 0 aliphatic rings. The summed E-state index contributed by atoms with van der Waals surface area (Å²) >= 11 is 11.7. The Morgan fingerprint density at radius 2 is 1.75 bits per heavy atom. The van der Waals surface area contributed by atoms with Crippen molar-refractivity contribution < 1.29 is 0 Å². The van der Waals surface area contributed by atoms with Crippen LogP contribution < -0.4 is 0 Å². The van der Waals surface area contributed by atoms with Crippen LogP contribution in [0.25, 0.3) is 0 Å². The molecule has 0 fully saturated rings. The number of hydrogen-bond donors (Lipinski definition) is 0. The Morgan fingerprint density at radius 3 is 2.25 bits per heavy atom. The molecular weight excluding hydrogens is 241 g/mol. The smallest absolute Gasteiger partial charge is 0.0406 e. The van der Waals surface area contributed by atoms with Crippen molar-refractivity contribution >= 4 is 23.2 Å². The molecule has 0 radical (unpaired) electrons. The Balaban J connectivity index is 2.62. The minimum absolute atomic E-state index is 0.392. The minimum Gasteiger partial charge on any atom is -0.299 e. The van der Waals surface area contributed by atoms with Crippen molar-refractivity contribution in [2.75, 3.05) is 19.5 Å². The second-order valence-electron chi connectivity index (χ2n) is 4.43. The molecule has 1 aromatic carbocycles. The first-order valence-corrected chi connectivity index (χ1v) is 6.47. The van der Waals surface area contributed by atoms with E-state index in [0.29, 0.717) is 17.8 Å². The standard InChI is InChI=1S/C13H19Cl2N/c1-10(8-14)9-16(3)11(2)12-4-6-13(15)7-5-12/h4-7,10-11H,8-9H2,1-3H3. The normalized spacial score (nSPS) is 15.1. The SMILES string of the molecule is CC(CCl)CN(C)C(C)c1ccc(Cl)cc1. The zero-order valence-corrected chi connectivity index (χ0v) is 11.6. The van der Waals surface area contributed by atoms with Crippen LogP contribution in [0.2, 0.25) is 5.02 Å². The largest absolute Gasteiger partial charge is 0.299 e. The summed E-state index contributed by atoms with van der Waals surface area (Å²) in [6.45, 7) is 5.37. The Labute approximate surface area is 108 Å². The highest BCUT2D eigenvalue weighted by atomic mass is 35.5. The topological polar surface area (TPSA) is 3.24 Å². The van der Waals surface area contributed by atoms with E-state index >= 15 is 0 Å². The van der Waals surface area contributed by atoms with E-state index in [2.05, 4.69) is 37.9 Å². The number of benzene rings is 1. The van der Waals surface area contributed by atoms with E-state index in [1.807, 2.05) is 12.1 Å². The van der Waals surface area contributed by atoms with Crippen LogP contribution in [0.4, 0.5) is 0 Å². The van der Waals surface area contributed by atoms with Gasteiger partial charge in [0, 0.05) is 23.5 Å². The monoisotopic (exact) mass is 259 g/mol. The Bertz CT molecular complexity index is 310. The first-order valence-electron chi connectivity index (χ1n) is 5.56. The highest BCUT2D eigenvalue weighted by molar-refractivity contribution is 6.30. The van der Waals surface area contributed by atoms with Crippen molar-refractivity contribution in [1.29, 1.82) is 0 Å². The van der Waals surface area contributed by atoms with Gasteiger partial charge in [0.25, 0.3) is 0 Å². The van der Waals surface area contributed by atoms with Crippen LogP contribution in [0.5, 0.6) is 0 Å². The van der Waals surface area contributed by atoms with Gasteiger partial charge in [0.1, 0.15) is 0 Å². The molecule has 2 unspecified atom stereocenters. The van der Waals surface area contributed by atoms with Crippen LogP contribution in [-0.4, -0.2) is 24.4 Å². The molecule has 0 N–H and O–H groups in total. The summed E-state index contributed by atoms with van der Waals surface area (Å²) in [7, 11) is 2.13. The number of alkyl halides is 1. The average Bonchev–Trinajstić information content (AvgIpc) is 2.28. The molecule has 0 aromatic heterocycles. The molecular formula is C13H19Cl2N. The van der Waals surface area contributed by atoms with Crippen LogP contribution in [0.3, 0.4) is 0 Å². The van der Waals surface area contributed by atoms with Gasteiger partial charge in [0.15, 0.2) is 0 Å². The molecule has 16 heavy (non-hydrogen) atoms. The fourth-order valence-corrected chi connectivity index (χ4v) is 1.92. The molecule has 0 saturated carbocycles. The third-order valence-electron chi connectivity index (χ3n) is 2.88. The van der Waals surface area contributed by atoms with Gasteiger partial charge in [-0.05, 0) is 37.6 Å². The molecule has 2 atom stereocenters. The third-order valence-corrected chi connectivity index (χ3v) is 3.66. The average molecular weight is 260 g/mol. The molecule has 1 nitrogen and oxygen atoms in total. The lowest BCUT2D eigenvalue weighted by Gasteiger charge is -2.27. The first kappa shape index (κ1) is 13.8. The Hall–Kier alpha value is -0.240. The van der Waals surface area contributed by atoms with Gasteiger partial charge in [0.2, 0.25) is 0 Å². The summed E-state index contributed by atoms with van der Waals surface area (Å²) < 4.78 is 0. The van der Waals surface area contributed by atoms with Gasteiger partial charge >= 0.3 is 0 Å². The Morgan fingerprint density at radius 1 is 1.19 bits per heavy atom. The van der Waals surface area contributed by atoms with Crippen LogP contribution in [0, 0.1) is 5.92 Å². The van der Waals surface area contributed by atoms with Gasteiger partial charge in [0.05, 0.1) is 0 Å². The summed E-state index contributed by atoms with van der Waals surface area (Å²) in [6.07, 6.45) is 0. The highest BCUT2D eigenvalue weighted by Crippen LogP contribution is 2.21. The summed E-state index contributed by atoms with van der Waals surface area (Å²) in [6, 6.07) is 8.42. The van der Waals surface area contributed by atoms with Crippen molar-refractivity contribution in [1.82, 2.24) is 4.90 Å². The van der Waals surface area contributed by atoms with Crippen molar-refractivity contribution in [3.63, 3.8) is 0 Å². The van der Waals surface area contributed by atoms with E-state index < -0.39 is 0 Å². The zero-order valence-electron chi connectivity index (χ0n) is 10.1. The molecule has 3 heteroatoms. The second-order valence-corrected chi connectivity index (χ2v) is 5.17. The molecule has 0 amide bonds. The van der Waals surface area contributed by atoms with Gasteiger partial charge in [-0.1, -0.05) is 30.7 Å². The maximum absolute atomic E-state index is 5.87. The van der Waals surface area contributed by atoms with Crippen molar-refractivity contribution in [2.45, 2.75) is 19.9 Å². The maximum atomic E-state index is 5.87. The van der Waals surface area contributed by atoms with Crippen molar-refractivity contribution in [3.8, 4) is 0 Å². The van der Waals surface area contributed by atoms with Crippen molar-refractivity contribution in [3.05, 3.63) is 34.9 Å². The lowest BCUT2D eigenvalue weighted by molar-refractivity contribution is 0.234. The number of halogens is 2. The van der Waals surface area contributed by atoms with Crippen LogP contribution in [-0.2, 0) is 0 Å². The van der Waals surface area contributed by atoms with E-state index in [4.69, 9.17) is 23.2 Å². The predicted molar refractivity (Wildman–Crippen MR) is 72.4 cm³/mol. The van der Waals surface area contributed by atoms with Crippen LogP contribution >= 0.6 is 23.2 Å². The van der Waals surface area contributed by atoms with Gasteiger partial charge in [-0.3, -0.25) is 4.90 Å². The fraction of sp³-hybridized carbons (Fsp3) is 0.538. The molecule has 0 aliphatic heterocycles. The van der Waals surface area contributed by atoms with E-state index in [-0.39, 0.29) is 0 Å². The fourth-order valence-electron chi connectivity index (χ4n) is 1.69. The highest BCUT2D eigenvalue weighted by Gasteiger charge is 2.13. The number of nitrogens with zero attached hydrogens (tertiary/aromatic N) is 1. The van der Waals surface area contributed by atoms with E-state index in [1.165, 1.54) is 5.56 Å². The molecule has 0 aliphatic carbocycles. The molecule has 0 saturated heterocycles. The molecule has 90 valence electrons. The van der Waals surface area contributed by atoms with Crippen LogP contribution in [0.1, 0.15) is 25.5 Å². The number of rotatable bonds is 5. The summed E-state index contributed by atoms with van der Waals surface area (Å²) in [5, 5.41) is 0.785. The molecule has 1 rings (SSSR count). The van der Waals surface area contributed by atoms with E-state index in [9.17, 15) is 0 Å². The summed E-state index contributed by atoms with van der Waals surface area (Å²) in [5.41, 5.74) is 1.29. The lowest BCUT2D eigenvalue weighted by Crippen LogP contribution is -2.28.